The molecular weight excluding hydrogens is 324 g/mol. The smallest absolute Gasteiger partial charge is 0.344 e. The highest BCUT2D eigenvalue weighted by Crippen LogP contribution is 2.41. The van der Waals surface area contributed by atoms with E-state index >= 15 is 0 Å². The van der Waals surface area contributed by atoms with Crippen LogP contribution in [0.15, 0.2) is 0 Å². The second kappa shape index (κ2) is 6.39. The summed E-state index contributed by atoms with van der Waals surface area (Å²) >= 11 is 0. The average Bonchev–Trinajstić information content (AvgIpc) is 2.64. The molecular formula is C15H24O7S. The molecule has 8 heteroatoms. The summed E-state index contributed by atoms with van der Waals surface area (Å²) in [5.74, 6) is -1.55. The average molecular weight is 348 g/mol. The molecule has 0 aromatic carbocycles. The Morgan fingerprint density at radius 1 is 1.30 bits per heavy atom. The maximum atomic E-state index is 11.9. The minimum absolute atomic E-state index is 0.00310. The predicted octanol–water partition coefficient (Wildman–Crippen LogP) is 1.26. The van der Waals surface area contributed by atoms with Crippen LogP contribution in [0.5, 0.6) is 0 Å². The summed E-state index contributed by atoms with van der Waals surface area (Å²) in [6, 6.07) is 0. The van der Waals surface area contributed by atoms with Gasteiger partial charge in [-0.15, -0.1) is 0 Å². The number of ether oxygens (including phenoxy) is 2. The van der Waals surface area contributed by atoms with Gasteiger partial charge < -0.3 is 9.47 Å². The van der Waals surface area contributed by atoms with E-state index in [1.807, 2.05) is 13.8 Å². The Morgan fingerprint density at radius 3 is 2.52 bits per heavy atom. The summed E-state index contributed by atoms with van der Waals surface area (Å²) in [7, 11) is -3.55. The van der Waals surface area contributed by atoms with Crippen molar-refractivity contribution in [3.63, 3.8) is 0 Å². The highest BCUT2D eigenvalue weighted by atomic mass is 32.2. The van der Waals surface area contributed by atoms with Crippen LogP contribution in [0.25, 0.3) is 0 Å². The second-order valence-electron chi connectivity index (χ2n) is 7.03. The quantitative estimate of drug-likeness (QED) is 0.545. The summed E-state index contributed by atoms with van der Waals surface area (Å²) < 4.78 is 38.6. The van der Waals surface area contributed by atoms with Crippen molar-refractivity contribution >= 4 is 22.1 Å². The van der Waals surface area contributed by atoms with Crippen molar-refractivity contribution in [2.75, 3.05) is 12.4 Å². The molecule has 2 aliphatic rings. The standard InChI is InChI=1S/C15H24O7S/c1-5-15(3,4)14(17)20-7-11(16)21-13-10-6-9(2)12(13)22-23(18,19)8-10/h9-10,12-13H,5-8H2,1-4H3. The van der Waals surface area contributed by atoms with Crippen molar-refractivity contribution in [3.8, 4) is 0 Å². The molecule has 0 radical (unpaired) electrons. The number of rotatable bonds is 5. The van der Waals surface area contributed by atoms with Crippen LogP contribution in [0.2, 0.25) is 0 Å². The zero-order chi connectivity index (χ0) is 17.4. The Morgan fingerprint density at radius 2 is 1.96 bits per heavy atom. The fraction of sp³-hybridized carbons (Fsp3) is 0.867. The lowest BCUT2D eigenvalue weighted by Gasteiger charge is -2.30. The Balaban J connectivity index is 1.91. The number of carbonyl (C=O) groups is 2. The molecule has 1 aliphatic carbocycles. The monoisotopic (exact) mass is 348 g/mol. The van der Waals surface area contributed by atoms with E-state index in [2.05, 4.69) is 0 Å². The van der Waals surface area contributed by atoms with Gasteiger partial charge >= 0.3 is 11.9 Å². The number of fused-ring (bicyclic) bond motifs is 2. The Kier molecular flexibility index (Phi) is 5.06. The zero-order valence-electron chi connectivity index (χ0n) is 13.9. The summed E-state index contributed by atoms with van der Waals surface area (Å²) in [6.45, 7) is 6.73. The lowest BCUT2D eigenvalue weighted by molar-refractivity contribution is -0.171. The molecule has 0 N–H and O–H groups in total. The third kappa shape index (κ3) is 4.03. The van der Waals surface area contributed by atoms with Gasteiger partial charge in [-0.1, -0.05) is 13.8 Å². The molecule has 1 saturated carbocycles. The fourth-order valence-electron chi connectivity index (χ4n) is 2.93. The van der Waals surface area contributed by atoms with Crippen molar-refractivity contribution in [2.24, 2.45) is 17.3 Å². The van der Waals surface area contributed by atoms with E-state index in [4.69, 9.17) is 13.7 Å². The van der Waals surface area contributed by atoms with Crippen LogP contribution in [0.4, 0.5) is 0 Å². The van der Waals surface area contributed by atoms with Gasteiger partial charge in [0.1, 0.15) is 12.2 Å². The minimum atomic E-state index is -3.55. The molecule has 0 aromatic heterocycles. The van der Waals surface area contributed by atoms with Crippen molar-refractivity contribution in [1.82, 2.24) is 0 Å². The van der Waals surface area contributed by atoms with Crippen molar-refractivity contribution in [2.45, 2.75) is 52.7 Å². The molecule has 1 aliphatic heterocycles. The molecule has 2 bridgehead atoms. The molecule has 1 saturated heterocycles. The highest BCUT2D eigenvalue weighted by molar-refractivity contribution is 7.86. The topological polar surface area (TPSA) is 96.0 Å². The van der Waals surface area contributed by atoms with E-state index in [1.54, 1.807) is 13.8 Å². The van der Waals surface area contributed by atoms with Crippen LogP contribution < -0.4 is 0 Å². The molecule has 0 spiro atoms. The van der Waals surface area contributed by atoms with E-state index in [9.17, 15) is 18.0 Å². The van der Waals surface area contributed by atoms with Crippen LogP contribution >= 0.6 is 0 Å². The van der Waals surface area contributed by atoms with Gasteiger partial charge in [0.05, 0.1) is 11.2 Å². The lowest BCUT2D eigenvalue weighted by Crippen LogP contribution is -2.44. The maximum absolute atomic E-state index is 11.9. The zero-order valence-corrected chi connectivity index (χ0v) is 14.7. The van der Waals surface area contributed by atoms with Crippen LogP contribution in [-0.2, 0) is 33.4 Å². The maximum Gasteiger partial charge on any atom is 0.344 e. The van der Waals surface area contributed by atoms with E-state index in [0.29, 0.717) is 12.8 Å². The summed E-state index contributed by atoms with van der Waals surface area (Å²) in [4.78, 5) is 23.8. The first-order chi connectivity index (χ1) is 10.6. The summed E-state index contributed by atoms with van der Waals surface area (Å²) in [6.07, 6.45) is -0.0224. The van der Waals surface area contributed by atoms with E-state index in [0.717, 1.165) is 0 Å². The molecule has 1 heterocycles. The SMILES string of the molecule is CCC(C)(C)C(=O)OCC(=O)OC1C2CC(C)C1OS(=O)(=O)C2. The van der Waals surface area contributed by atoms with Gasteiger partial charge in [0.15, 0.2) is 6.61 Å². The molecule has 0 aromatic rings. The Labute approximate surface area is 136 Å². The van der Waals surface area contributed by atoms with Crippen LogP contribution in [0.1, 0.15) is 40.5 Å². The predicted molar refractivity (Wildman–Crippen MR) is 80.8 cm³/mol. The van der Waals surface area contributed by atoms with Gasteiger partial charge in [0.25, 0.3) is 10.1 Å². The molecule has 7 nitrogen and oxygen atoms in total. The van der Waals surface area contributed by atoms with E-state index < -0.39 is 46.3 Å². The molecule has 2 rings (SSSR count). The summed E-state index contributed by atoms with van der Waals surface area (Å²) in [5, 5.41) is 0. The molecule has 0 amide bonds. The summed E-state index contributed by atoms with van der Waals surface area (Å²) in [5.41, 5.74) is -0.657. The first kappa shape index (κ1) is 18.2. The third-order valence-corrected chi connectivity index (χ3v) is 6.08. The van der Waals surface area contributed by atoms with Crippen LogP contribution in [-0.4, -0.2) is 44.9 Å². The first-order valence-electron chi connectivity index (χ1n) is 7.83. The van der Waals surface area contributed by atoms with Gasteiger partial charge in [-0.2, -0.15) is 8.42 Å². The minimum Gasteiger partial charge on any atom is -0.457 e. The molecule has 4 atom stereocenters. The molecule has 4 unspecified atom stereocenters. The second-order valence-corrected chi connectivity index (χ2v) is 8.67. The largest absolute Gasteiger partial charge is 0.457 e. The fourth-order valence-corrected chi connectivity index (χ4v) is 4.50. The first-order valence-corrected chi connectivity index (χ1v) is 9.41. The van der Waals surface area contributed by atoms with Gasteiger partial charge in [0, 0.05) is 5.92 Å². The van der Waals surface area contributed by atoms with Crippen molar-refractivity contribution in [1.29, 1.82) is 0 Å². The Bertz CT molecular complexity index is 581. The Hall–Kier alpha value is -1.15. The van der Waals surface area contributed by atoms with Gasteiger partial charge in [-0.05, 0) is 32.6 Å². The number of carbonyl (C=O) groups excluding carboxylic acids is 2. The van der Waals surface area contributed by atoms with Gasteiger partial charge in [0.2, 0.25) is 0 Å². The van der Waals surface area contributed by atoms with Crippen molar-refractivity contribution < 1.29 is 31.7 Å². The van der Waals surface area contributed by atoms with Crippen molar-refractivity contribution in [3.05, 3.63) is 0 Å². The molecule has 23 heavy (non-hydrogen) atoms. The van der Waals surface area contributed by atoms with Gasteiger partial charge in [-0.3, -0.25) is 8.98 Å². The molecule has 2 fully saturated rings. The molecule has 132 valence electrons. The van der Waals surface area contributed by atoms with Crippen LogP contribution in [0.3, 0.4) is 0 Å². The number of hydrogen-bond acceptors (Lipinski definition) is 7. The third-order valence-electron chi connectivity index (χ3n) is 4.72. The van der Waals surface area contributed by atoms with E-state index in [1.165, 1.54) is 0 Å². The van der Waals surface area contributed by atoms with Crippen LogP contribution in [0, 0.1) is 17.3 Å². The highest BCUT2D eigenvalue weighted by Gasteiger charge is 2.52. The lowest BCUT2D eigenvalue weighted by atomic mass is 9.91. The number of hydrogen-bond donors (Lipinski definition) is 0. The van der Waals surface area contributed by atoms with E-state index in [-0.39, 0.29) is 17.6 Å². The number of esters is 2. The van der Waals surface area contributed by atoms with Gasteiger partial charge in [-0.25, -0.2) is 4.79 Å². The normalized spacial score (nSPS) is 32.3.